The molecular formula is C35H62B3BrN8O11Si2. The van der Waals surface area contributed by atoms with Gasteiger partial charge in [-0.05, 0) is 69.3 Å². The van der Waals surface area contributed by atoms with Crippen molar-refractivity contribution in [1.82, 2.24) is 37.4 Å². The number of halogens is 1. The summed E-state index contributed by atoms with van der Waals surface area (Å²) in [5.41, 5.74) is -1.07. The van der Waals surface area contributed by atoms with Crippen molar-refractivity contribution in [2.75, 3.05) is 13.2 Å². The van der Waals surface area contributed by atoms with Crippen LogP contribution in [0, 0.1) is 6.92 Å². The first-order chi connectivity index (χ1) is 27.2. The van der Waals surface area contributed by atoms with Gasteiger partial charge < -0.3 is 23.2 Å². The fourth-order valence-electron chi connectivity index (χ4n) is 5.80. The molecule has 1 aliphatic rings. The van der Waals surface area contributed by atoms with Crippen LogP contribution in [0.2, 0.25) is 71.8 Å². The Morgan fingerprint density at radius 3 is 1.37 bits per heavy atom. The van der Waals surface area contributed by atoms with Crippen molar-refractivity contribution in [2.45, 2.75) is 127 Å². The van der Waals surface area contributed by atoms with Gasteiger partial charge in [-0.3, -0.25) is 46.6 Å². The molecule has 1 fully saturated rings. The van der Waals surface area contributed by atoms with Crippen molar-refractivity contribution in [3.05, 3.63) is 52.2 Å². The summed E-state index contributed by atoms with van der Waals surface area (Å²) in [6, 6.07) is 2.02. The van der Waals surface area contributed by atoms with Crippen LogP contribution in [0.4, 0.5) is 0 Å². The summed E-state index contributed by atoms with van der Waals surface area (Å²) in [5.74, 6) is 0.0680. The van der Waals surface area contributed by atoms with E-state index in [9.17, 15) is 28.8 Å². The molecule has 4 aromatic heterocycles. The Kier molecular flexibility index (Phi) is 19.4. The molecule has 0 aromatic carbocycles. The quantitative estimate of drug-likeness (QED) is 0.101. The van der Waals surface area contributed by atoms with Gasteiger partial charge in [0.25, 0.3) is 11.1 Å². The maximum atomic E-state index is 12.8. The Morgan fingerprint density at radius 1 is 0.650 bits per heavy atom. The van der Waals surface area contributed by atoms with Gasteiger partial charge in [-0.15, -0.1) is 0 Å². The van der Waals surface area contributed by atoms with Crippen LogP contribution in [0.25, 0.3) is 22.3 Å². The maximum absolute atomic E-state index is 12.8. The first-order valence-electron chi connectivity index (χ1n) is 19.4. The minimum absolute atomic E-state index is 0. The van der Waals surface area contributed by atoms with Gasteiger partial charge in [-0.2, -0.15) is 0 Å². The van der Waals surface area contributed by atoms with E-state index >= 15 is 0 Å². The molecule has 0 N–H and O–H groups in total. The predicted molar refractivity (Wildman–Crippen MR) is 245 cm³/mol. The number of imidazole rings is 2. The van der Waals surface area contributed by atoms with Crippen molar-refractivity contribution in [3.63, 3.8) is 0 Å². The Balaban J connectivity index is 0.000000338. The standard InChI is InChI=1S/C16H26N4O4Si.C15H23BrN4O4Si.C3H9B3O3.CH4/c1-11(21)9-19-15(22)13-14(18(3)16(19)23)17-12(2)20(13)10-24-7-8-25(4,5)6;1-10(21)8-19-13(22)11-12(18(2)15(19)23)17-14(16)20(11)9-24-6-7-25(3,4)5;1-4-7-5(2)9-6(3)8-4;/h7-10H2,1-6H3;6-9H2,1-5H3;1-3H3;1H4. The average molecular weight is 939 g/mol. The van der Waals surface area contributed by atoms with E-state index in [1.165, 1.54) is 30.0 Å². The molecule has 0 unspecified atom stereocenters. The Morgan fingerprint density at radius 2 is 1.00 bits per heavy atom. The SMILES string of the molecule is C.CB1OB(C)OB(C)O1.CC(=O)Cn1c(=O)c2c(nc(Br)n2COCC[Si](C)(C)C)n(C)c1=O.CC(=O)Cn1c(=O)c2c(nc(C)n2COCC[Si](C)(C)C)n(C)c1=O. The zero-order chi connectivity index (χ0) is 44.7. The molecule has 5 heterocycles. The third-order valence-corrected chi connectivity index (χ3v) is 13.0. The Bertz CT molecular complexity index is 2210. The number of aromatic nitrogens is 8. The molecule has 0 atom stereocenters. The van der Waals surface area contributed by atoms with Crippen molar-refractivity contribution >= 4 is 87.3 Å². The molecule has 19 nitrogen and oxygen atoms in total. The van der Waals surface area contributed by atoms with Gasteiger partial charge >= 0.3 is 32.7 Å². The molecule has 0 spiro atoms. The lowest BCUT2D eigenvalue weighted by atomic mass is 9.74. The van der Waals surface area contributed by atoms with Gasteiger partial charge in [0.15, 0.2) is 27.1 Å². The highest BCUT2D eigenvalue weighted by atomic mass is 79.9. The van der Waals surface area contributed by atoms with E-state index in [-0.39, 0.29) is 83.6 Å². The van der Waals surface area contributed by atoms with Crippen LogP contribution in [-0.4, -0.2) is 99.7 Å². The summed E-state index contributed by atoms with van der Waals surface area (Å²) >= 11 is 3.32. The fourth-order valence-corrected chi connectivity index (χ4v) is 7.76. The van der Waals surface area contributed by atoms with Gasteiger partial charge in [0.2, 0.25) is 0 Å². The van der Waals surface area contributed by atoms with Crippen molar-refractivity contribution in [3.8, 4) is 0 Å². The van der Waals surface area contributed by atoms with E-state index in [0.717, 1.165) is 21.2 Å². The predicted octanol–water partition coefficient (Wildman–Crippen LogP) is 3.71. The zero-order valence-electron chi connectivity index (χ0n) is 36.8. The highest BCUT2D eigenvalue weighted by molar-refractivity contribution is 9.10. The third-order valence-electron chi connectivity index (χ3n) is 8.95. The van der Waals surface area contributed by atoms with Crippen LogP contribution < -0.4 is 22.5 Å². The number of rotatable bonds is 14. The van der Waals surface area contributed by atoms with Gasteiger partial charge in [0.05, 0.1) is 13.1 Å². The Hall–Kier alpha value is -3.45. The molecule has 1 saturated heterocycles. The normalized spacial score (nSPS) is 13.2. The van der Waals surface area contributed by atoms with Gasteiger partial charge in [0, 0.05) is 43.5 Å². The minimum Gasteiger partial charge on any atom is -0.453 e. The molecule has 0 aliphatic carbocycles. The first-order valence-corrected chi connectivity index (χ1v) is 27.6. The lowest BCUT2D eigenvalue weighted by molar-refractivity contribution is -0.118. The maximum Gasteiger partial charge on any atom is 0.426 e. The molecule has 1 aliphatic heterocycles. The molecule has 0 saturated carbocycles. The second kappa shape index (κ2) is 22.1. The zero-order valence-corrected chi connectivity index (χ0v) is 40.4. The number of Topliss-reactive ketones (excluding diaryl/α,β-unsaturated/α-hetero) is 2. The highest BCUT2D eigenvalue weighted by Gasteiger charge is 2.31. The molecule has 25 heteroatoms. The minimum atomic E-state index is -1.21. The molecule has 332 valence electrons. The second-order valence-electron chi connectivity index (χ2n) is 16.9. The number of aryl methyl sites for hydroxylation is 3. The van der Waals surface area contributed by atoms with Crippen LogP contribution in [0.1, 0.15) is 27.1 Å². The van der Waals surface area contributed by atoms with E-state index in [1.54, 1.807) is 23.1 Å². The van der Waals surface area contributed by atoms with Gasteiger partial charge in [-0.25, -0.2) is 19.6 Å². The number of ketones is 2. The first kappa shape index (κ1) is 52.7. The number of hydrogen-bond donors (Lipinski definition) is 0. The summed E-state index contributed by atoms with van der Waals surface area (Å²) in [6.45, 7) is 24.6. The lowest BCUT2D eigenvalue weighted by Crippen LogP contribution is -2.44. The largest absolute Gasteiger partial charge is 0.453 e. The van der Waals surface area contributed by atoms with Crippen LogP contribution in [0.15, 0.2) is 23.9 Å². The number of nitrogens with zero attached hydrogens (tertiary/aromatic N) is 8. The molecule has 0 bridgehead atoms. The van der Waals surface area contributed by atoms with Crippen LogP contribution in [0.5, 0.6) is 0 Å². The molecule has 0 radical (unpaired) electrons. The topological polar surface area (TPSA) is 204 Å². The van der Waals surface area contributed by atoms with Gasteiger partial charge in [0.1, 0.15) is 30.9 Å². The summed E-state index contributed by atoms with van der Waals surface area (Å²) in [6.07, 6.45) is 0. The van der Waals surface area contributed by atoms with Crippen molar-refractivity contribution < 1.29 is 32.8 Å². The summed E-state index contributed by atoms with van der Waals surface area (Å²) in [4.78, 5) is 81.5. The van der Waals surface area contributed by atoms with Gasteiger partial charge in [-0.1, -0.05) is 46.7 Å². The lowest BCUT2D eigenvalue weighted by Gasteiger charge is -2.25. The van der Waals surface area contributed by atoms with E-state index in [2.05, 4.69) is 65.2 Å². The number of carbonyl (C=O) groups is 2. The fraction of sp³-hybridized carbons (Fsp3) is 0.657. The van der Waals surface area contributed by atoms with E-state index < -0.39 is 38.6 Å². The second-order valence-corrected chi connectivity index (χ2v) is 28.9. The Labute approximate surface area is 362 Å². The molecule has 0 amide bonds. The van der Waals surface area contributed by atoms with Crippen LogP contribution >= 0.6 is 15.9 Å². The number of ether oxygens (including phenoxy) is 2. The van der Waals surface area contributed by atoms with E-state index in [0.29, 0.717) is 29.4 Å². The molecule has 4 aromatic rings. The summed E-state index contributed by atoms with van der Waals surface area (Å²) in [5, 5.41) is 0. The highest BCUT2D eigenvalue weighted by Crippen LogP contribution is 2.17. The molecule has 60 heavy (non-hydrogen) atoms. The summed E-state index contributed by atoms with van der Waals surface area (Å²) in [7, 11) is 0.252. The average Bonchev–Trinajstić information content (AvgIpc) is 3.61. The van der Waals surface area contributed by atoms with E-state index in [1.807, 2.05) is 20.5 Å². The third kappa shape index (κ3) is 14.3. The van der Waals surface area contributed by atoms with Crippen LogP contribution in [-0.2, 0) is 73.4 Å². The number of fused-ring (bicyclic) bond motifs is 2. The van der Waals surface area contributed by atoms with Crippen molar-refractivity contribution in [2.24, 2.45) is 14.1 Å². The molecular weight excluding hydrogens is 877 g/mol. The number of carbonyl (C=O) groups excluding carboxylic acids is 2. The molecule has 5 rings (SSSR count). The monoisotopic (exact) mass is 938 g/mol. The summed E-state index contributed by atoms with van der Waals surface area (Å²) < 4.78 is 34.9. The van der Waals surface area contributed by atoms with Crippen molar-refractivity contribution in [1.29, 1.82) is 0 Å². The number of hydrogen-bond acceptors (Lipinski definition) is 13. The smallest absolute Gasteiger partial charge is 0.426 e. The van der Waals surface area contributed by atoms with E-state index in [4.69, 9.17) is 23.2 Å². The van der Waals surface area contributed by atoms with Crippen LogP contribution in [0.3, 0.4) is 0 Å².